The number of methoxy groups -OCH3 is 1. The Morgan fingerprint density at radius 1 is 1.35 bits per heavy atom. The molecule has 2 atom stereocenters. The van der Waals surface area contributed by atoms with E-state index < -0.39 is 6.17 Å². The van der Waals surface area contributed by atoms with E-state index in [9.17, 15) is 4.39 Å². The van der Waals surface area contributed by atoms with E-state index in [0.717, 1.165) is 30.7 Å². The lowest BCUT2D eigenvalue weighted by atomic mass is 9.96. The molecular formula is C14H20FNO. The monoisotopic (exact) mass is 237 g/mol. The third-order valence-corrected chi connectivity index (χ3v) is 3.37. The molecule has 0 aromatic heterocycles. The van der Waals surface area contributed by atoms with Crippen LogP contribution in [0.4, 0.5) is 4.39 Å². The van der Waals surface area contributed by atoms with Gasteiger partial charge in [0.15, 0.2) is 0 Å². The van der Waals surface area contributed by atoms with Crippen LogP contribution in [0.25, 0.3) is 0 Å². The number of rotatable bonds is 4. The van der Waals surface area contributed by atoms with Crippen molar-refractivity contribution in [2.24, 2.45) is 0 Å². The van der Waals surface area contributed by atoms with Crippen LogP contribution in [0, 0.1) is 0 Å². The number of nitrogens with one attached hydrogen (secondary N) is 1. The molecule has 0 radical (unpaired) electrons. The van der Waals surface area contributed by atoms with Crippen molar-refractivity contribution in [1.29, 1.82) is 0 Å². The number of hydrogen-bond acceptors (Lipinski definition) is 2. The summed E-state index contributed by atoms with van der Waals surface area (Å²) in [5.74, 6) is 0.819. The molecule has 94 valence electrons. The predicted molar refractivity (Wildman–Crippen MR) is 67.2 cm³/mol. The first kappa shape index (κ1) is 12.4. The van der Waals surface area contributed by atoms with Gasteiger partial charge in [-0.25, -0.2) is 4.39 Å². The first-order valence-electron chi connectivity index (χ1n) is 6.30. The highest BCUT2D eigenvalue weighted by Crippen LogP contribution is 2.18. The van der Waals surface area contributed by atoms with Crippen LogP contribution in [-0.2, 0) is 6.42 Å². The highest BCUT2D eigenvalue weighted by Gasteiger charge is 2.22. The Kier molecular flexibility index (Phi) is 4.37. The van der Waals surface area contributed by atoms with E-state index in [1.165, 1.54) is 6.42 Å². The zero-order valence-electron chi connectivity index (χ0n) is 10.3. The molecule has 1 saturated heterocycles. The Hall–Kier alpha value is -1.09. The minimum Gasteiger partial charge on any atom is -0.497 e. The Balaban J connectivity index is 1.89. The third kappa shape index (κ3) is 3.43. The van der Waals surface area contributed by atoms with Gasteiger partial charge in [0, 0.05) is 12.5 Å². The van der Waals surface area contributed by atoms with Crippen LogP contribution in [0.1, 0.15) is 24.8 Å². The Labute approximate surface area is 102 Å². The van der Waals surface area contributed by atoms with Gasteiger partial charge in [0.2, 0.25) is 0 Å². The van der Waals surface area contributed by atoms with E-state index >= 15 is 0 Å². The van der Waals surface area contributed by atoms with Gasteiger partial charge < -0.3 is 10.1 Å². The summed E-state index contributed by atoms with van der Waals surface area (Å²) < 4.78 is 19.1. The zero-order valence-corrected chi connectivity index (χ0v) is 10.3. The fraction of sp³-hybridized carbons (Fsp3) is 0.571. The van der Waals surface area contributed by atoms with E-state index in [0.29, 0.717) is 6.42 Å². The first-order valence-corrected chi connectivity index (χ1v) is 6.30. The summed E-state index contributed by atoms with van der Waals surface area (Å²) in [5.41, 5.74) is 1.03. The second-order valence-corrected chi connectivity index (χ2v) is 4.62. The number of halogens is 1. The number of alkyl halides is 1. The normalized spacial score (nSPS) is 22.1. The van der Waals surface area contributed by atoms with Crippen molar-refractivity contribution in [2.75, 3.05) is 13.7 Å². The lowest BCUT2D eigenvalue weighted by Gasteiger charge is -2.26. The van der Waals surface area contributed by atoms with Gasteiger partial charge in [0.1, 0.15) is 11.9 Å². The van der Waals surface area contributed by atoms with Crippen molar-refractivity contribution in [2.45, 2.75) is 37.9 Å². The van der Waals surface area contributed by atoms with Gasteiger partial charge in [0.05, 0.1) is 7.11 Å². The average Bonchev–Trinajstić information content (AvgIpc) is 2.40. The smallest absolute Gasteiger partial charge is 0.119 e. The molecule has 1 aliphatic rings. The van der Waals surface area contributed by atoms with Crippen molar-refractivity contribution in [3.05, 3.63) is 29.8 Å². The van der Waals surface area contributed by atoms with Gasteiger partial charge in [-0.1, -0.05) is 18.6 Å². The second kappa shape index (κ2) is 6.01. The lowest BCUT2D eigenvalue weighted by molar-refractivity contribution is 0.217. The summed E-state index contributed by atoms with van der Waals surface area (Å²) in [6.07, 6.45) is 2.97. The van der Waals surface area contributed by atoms with Crippen molar-refractivity contribution in [3.63, 3.8) is 0 Å². The van der Waals surface area contributed by atoms with Gasteiger partial charge >= 0.3 is 0 Å². The van der Waals surface area contributed by atoms with Gasteiger partial charge in [0.25, 0.3) is 0 Å². The molecule has 17 heavy (non-hydrogen) atoms. The Morgan fingerprint density at radius 2 is 2.12 bits per heavy atom. The van der Waals surface area contributed by atoms with Gasteiger partial charge in [-0.05, 0) is 37.1 Å². The summed E-state index contributed by atoms with van der Waals surface area (Å²) in [4.78, 5) is 0. The van der Waals surface area contributed by atoms with Crippen molar-refractivity contribution in [1.82, 2.24) is 5.32 Å². The zero-order chi connectivity index (χ0) is 12.1. The quantitative estimate of drug-likeness (QED) is 0.869. The molecular weight excluding hydrogens is 217 g/mol. The Bertz CT molecular complexity index is 333. The largest absolute Gasteiger partial charge is 0.497 e. The fourth-order valence-electron chi connectivity index (χ4n) is 2.32. The van der Waals surface area contributed by atoms with Crippen LogP contribution in [0.5, 0.6) is 5.75 Å². The molecule has 3 heteroatoms. The van der Waals surface area contributed by atoms with Gasteiger partial charge in [-0.15, -0.1) is 0 Å². The number of benzene rings is 1. The van der Waals surface area contributed by atoms with Gasteiger partial charge in [-0.2, -0.15) is 0 Å². The number of piperidine rings is 1. The minimum atomic E-state index is -0.788. The van der Waals surface area contributed by atoms with Crippen molar-refractivity contribution in [3.8, 4) is 5.75 Å². The van der Waals surface area contributed by atoms with Gasteiger partial charge in [-0.3, -0.25) is 0 Å². The molecule has 0 amide bonds. The maximum atomic E-state index is 14.1. The molecule has 0 bridgehead atoms. The molecule has 0 spiro atoms. The van der Waals surface area contributed by atoms with E-state index in [1.54, 1.807) is 7.11 Å². The van der Waals surface area contributed by atoms with Crippen LogP contribution in [0.3, 0.4) is 0 Å². The van der Waals surface area contributed by atoms with Crippen LogP contribution in [-0.4, -0.2) is 25.9 Å². The third-order valence-electron chi connectivity index (χ3n) is 3.37. The standard InChI is InChI=1S/C14H20FNO/c1-17-12-7-5-11(6-8-12)10-13(15)14-4-2-3-9-16-14/h5-8,13-14,16H,2-4,9-10H2,1H3. The molecule has 2 rings (SSSR count). The second-order valence-electron chi connectivity index (χ2n) is 4.62. The molecule has 0 aliphatic carbocycles. The number of hydrogen-bond donors (Lipinski definition) is 1. The van der Waals surface area contributed by atoms with E-state index in [4.69, 9.17) is 4.74 Å². The summed E-state index contributed by atoms with van der Waals surface area (Å²) in [5, 5.41) is 3.26. The predicted octanol–water partition coefficient (Wildman–Crippen LogP) is 2.72. The first-order chi connectivity index (χ1) is 8.29. The molecule has 0 saturated carbocycles. The van der Waals surface area contributed by atoms with E-state index in [-0.39, 0.29) is 6.04 Å². The van der Waals surface area contributed by atoms with Crippen LogP contribution in [0.2, 0.25) is 0 Å². The number of ether oxygens (including phenoxy) is 1. The maximum Gasteiger partial charge on any atom is 0.119 e. The minimum absolute atomic E-state index is 0.0332. The maximum absolute atomic E-state index is 14.1. The van der Waals surface area contributed by atoms with Crippen LogP contribution >= 0.6 is 0 Å². The summed E-state index contributed by atoms with van der Waals surface area (Å²) in [6.45, 7) is 0.952. The Morgan fingerprint density at radius 3 is 2.71 bits per heavy atom. The van der Waals surface area contributed by atoms with E-state index in [2.05, 4.69) is 5.32 Å². The van der Waals surface area contributed by atoms with Crippen LogP contribution in [0.15, 0.2) is 24.3 Å². The fourth-order valence-corrected chi connectivity index (χ4v) is 2.32. The molecule has 2 unspecified atom stereocenters. The molecule has 1 heterocycles. The molecule has 1 aromatic carbocycles. The highest BCUT2D eigenvalue weighted by atomic mass is 19.1. The molecule has 1 fully saturated rings. The topological polar surface area (TPSA) is 21.3 Å². The van der Waals surface area contributed by atoms with Crippen molar-refractivity contribution >= 4 is 0 Å². The average molecular weight is 237 g/mol. The lowest BCUT2D eigenvalue weighted by Crippen LogP contribution is -2.42. The van der Waals surface area contributed by atoms with Crippen molar-refractivity contribution < 1.29 is 9.13 Å². The van der Waals surface area contributed by atoms with Crippen LogP contribution < -0.4 is 10.1 Å². The molecule has 1 aliphatic heterocycles. The molecule has 2 nitrogen and oxygen atoms in total. The highest BCUT2D eigenvalue weighted by molar-refractivity contribution is 5.27. The molecule has 1 aromatic rings. The summed E-state index contributed by atoms with van der Waals surface area (Å²) in [6, 6.07) is 7.68. The van der Waals surface area contributed by atoms with E-state index in [1.807, 2.05) is 24.3 Å². The summed E-state index contributed by atoms with van der Waals surface area (Å²) in [7, 11) is 1.64. The molecule has 1 N–H and O–H groups in total. The SMILES string of the molecule is COc1ccc(CC(F)C2CCCCN2)cc1. The summed E-state index contributed by atoms with van der Waals surface area (Å²) >= 11 is 0.